The maximum atomic E-state index is 13.0. The quantitative estimate of drug-likeness (QED) is 0.927. The molecule has 0 radical (unpaired) electrons. The number of likely N-dealkylation sites (tertiary alicyclic amines) is 1. The van der Waals surface area contributed by atoms with Gasteiger partial charge in [0.1, 0.15) is 0 Å². The highest BCUT2D eigenvalue weighted by Crippen LogP contribution is 2.41. The number of carbonyl (C=O) groups is 1. The molecule has 2 heterocycles. The van der Waals surface area contributed by atoms with Crippen LogP contribution in [-0.2, 0) is 0 Å². The second kappa shape index (κ2) is 6.26. The van der Waals surface area contributed by atoms with Crippen LogP contribution in [0.3, 0.4) is 0 Å². The molecule has 4 rings (SSSR count). The number of carbonyl (C=O) groups excluding carboxylic acids is 1. The van der Waals surface area contributed by atoms with E-state index in [1.54, 1.807) is 4.68 Å². The van der Waals surface area contributed by atoms with Gasteiger partial charge in [-0.15, -0.1) is 5.10 Å². The standard InChI is InChI=1S/C19H25N5O/c1-12-3-7-16(8-4-12)24-13(2)18(21-22-24)19(25)23-10-14-5-6-15(11-23)17(14)9-20/h3-4,7-8,14-15,17H,5-6,9-11,20H2,1-2H3. The third-order valence-electron chi connectivity index (χ3n) is 5.96. The van der Waals surface area contributed by atoms with E-state index in [2.05, 4.69) is 10.3 Å². The van der Waals surface area contributed by atoms with E-state index in [1.165, 1.54) is 18.4 Å². The lowest BCUT2D eigenvalue weighted by Gasteiger charge is -2.37. The molecular weight excluding hydrogens is 314 g/mol. The summed E-state index contributed by atoms with van der Waals surface area (Å²) in [4.78, 5) is 15.0. The molecule has 132 valence electrons. The predicted octanol–water partition coefficient (Wildman–Crippen LogP) is 1.94. The maximum Gasteiger partial charge on any atom is 0.276 e. The first-order chi connectivity index (χ1) is 12.1. The molecule has 0 spiro atoms. The number of piperidine rings is 1. The van der Waals surface area contributed by atoms with E-state index in [0.717, 1.165) is 31.0 Å². The number of hydrogen-bond donors (Lipinski definition) is 1. The first-order valence-electron chi connectivity index (χ1n) is 9.07. The molecule has 2 bridgehead atoms. The number of amides is 1. The third kappa shape index (κ3) is 2.74. The van der Waals surface area contributed by atoms with Gasteiger partial charge in [0.15, 0.2) is 5.69 Å². The lowest BCUT2D eigenvalue weighted by Crippen LogP contribution is -2.47. The summed E-state index contributed by atoms with van der Waals surface area (Å²) in [6.45, 7) is 6.29. The molecule has 2 fully saturated rings. The van der Waals surface area contributed by atoms with Crippen molar-refractivity contribution < 1.29 is 4.79 Å². The smallest absolute Gasteiger partial charge is 0.276 e. The Bertz CT molecular complexity index is 768. The van der Waals surface area contributed by atoms with Crippen molar-refractivity contribution in [2.24, 2.45) is 23.5 Å². The van der Waals surface area contributed by atoms with Crippen LogP contribution in [0.1, 0.15) is 34.6 Å². The Balaban J connectivity index is 1.57. The Morgan fingerprint density at radius 1 is 1.16 bits per heavy atom. The van der Waals surface area contributed by atoms with E-state index in [1.807, 2.05) is 43.0 Å². The average Bonchev–Trinajstić information content (AvgIpc) is 3.11. The van der Waals surface area contributed by atoms with Gasteiger partial charge in [-0.2, -0.15) is 0 Å². The number of aryl methyl sites for hydroxylation is 1. The van der Waals surface area contributed by atoms with E-state index in [0.29, 0.717) is 23.4 Å². The fraction of sp³-hybridized carbons (Fsp3) is 0.526. The van der Waals surface area contributed by atoms with Crippen molar-refractivity contribution in [1.82, 2.24) is 19.9 Å². The molecule has 1 saturated heterocycles. The van der Waals surface area contributed by atoms with Crippen molar-refractivity contribution in [3.8, 4) is 5.69 Å². The normalized spacial score (nSPS) is 25.4. The molecule has 1 aromatic heterocycles. The van der Waals surface area contributed by atoms with Crippen LogP contribution >= 0.6 is 0 Å². The van der Waals surface area contributed by atoms with Crippen LogP contribution in [0, 0.1) is 31.6 Å². The fourth-order valence-corrected chi connectivity index (χ4v) is 4.49. The lowest BCUT2D eigenvalue weighted by molar-refractivity contribution is 0.0570. The molecule has 1 aromatic carbocycles. The van der Waals surface area contributed by atoms with Gasteiger partial charge in [-0.05, 0) is 63.1 Å². The molecule has 2 atom stereocenters. The molecule has 6 heteroatoms. The van der Waals surface area contributed by atoms with Gasteiger partial charge in [-0.1, -0.05) is 22.9 Å². The third-order valence-corrected chi connectivity index (χ3v) is 5.96. The SMILES string of the molecule is Cc1ccc(-n2nnc(C(=O)N3CC4CCC(C3)C4CN)c2C)cc1. The van der Waals surface area contributed by atoms with Crippen molar-refractivity contribution in [2.75, 3.05) is 19.6 Å². The summed E-state index contributed by atoms with van der Waals surface area (Å²) in [5, 5.41) is 8.41. The summed E-state index contributed by atoms with van der Waals surface area (Å²) < 4.78 is 1.74. The zero-order valence-electron chi connectivity index (χ0n) is 14.9. The van der Waals surface area contributed by atoms with Gasteiger partial charge in [0.25, 0.3) is 5.91 Å². The molecular formula is C19H25N5O. The molecule has 1 aliphatic carbocycles. The highest BCUT2D eigenvalue weighted by Gasteiger charge is 2.43. The predicted molar refractivity (Wildman–Crippen MR) is 95.5 cm³/mol. The van der Waals surface area contributed by atoms with E-state index < -0.39 is 0 Å². The lowest BCUT2D eigenvalue weighted by atomic mass is 9.85. The molecule has 2 N–H and O–H groups in total. The van der Waals surface area contributed by atoms with Gasteiger partial charge < -0.3 is 10.6 Å². The van der Waals surface area contributed by atoms with E-state index in [9.17, 15) is 4.79 Å². The molecule has 1 saturated carbocycles. The molecule has 2 aromatic rings. The maximum absolute atomic E-state index is 13.0. The summed E-state index contributed by atoms with van der Waals surface area (Å²) in [6.07, 6.45) is 2.37. The molecule has 2 aliphatic rings. The van der Waals surface area contributed by atoms with E-state index >= 15 is 0 Å². The topological polar surface area (TPSA) is 77.0 Å². The highest BCUT2D eigenvalue weighted by atomic mass is 16.2. The van der Waals surface area contributed by atoms with Crippen molar-refractivity contribution in [1.29, 1.82) is 0 Å². The largest absolute Gasteiger partial charge is 0.337 e. The zero-order chi connectivity index (χ0) is 17.6. The molecule has 6 nitrogen and oxygen atoms in total. The van der Waals surface area contributed by atoms with Crippen LogP contribution in [0.25, 0.3) is 5.69 Å². The minimum atomic E-state index is 0.00299. The molecule has 1 amide bonds. The van der Waals surface area contributed by atoms with Gasteiger partial charge in [-0.3, -0.25) is 4.79 Å². The minimum Gasteiger partial charge on any atom is -0.337 e. The molecule has 25 heavy (non-hydrogen) atoms. The fourth-order valence-electron chi connectivity index (χ4n) is 4.49. The summed E-state index contributed by atoms with van der Waals surface area (Å²) >= 11 is 0. The van der Waals surface area contributed by atoms with Crippen molar-refractivity contribution in [2.45, 2.75) is 26.7 Å². The van der Waals surface area contributed by atoms with Gasteiger partial charge in [0, 0.05) is 13.1 Å². The Morgan fingerprint density at radius 2 is 1.80 bits per heavy atom. The van der Waals surface area contributed by atoms with Gasteiger partial charge >= 0.3 is 0 Å². The molecule has 1 aliphatic heterocycles. The Labute approximate surface area is 148 Å². The van der Waals surface area contributed by atoms with Crippen LogP contribution in [-0.4, -0.2) is 45.4 Å². The summed E-state index contributed by atoms with van der Waals surface area (Å²) in [5.41, 5.74) is 9.31. The average molecular weight is 339 g/mol. The Morgan fingerprint density at radius 3 is 2.40 bits per heavy atom. The van der Waals surface area contributed by atoms with Gasteiger partial charge in [0.2, 0.25) is 0 Å². The Hall–Kier alpha value is -2.21. The van der Waals surface area contributed by atoms with Crippen LogP contribution in [0.5, 0.6) is 0 Å². The number of nitrogens with zero attached hydrogens (tertiary/aromatic N) is 4. The van der Waals surface area contributed by atoms with E-state index in [-0.39, 0.29) is 5.91 Å². The number of aromatic nitrogens is 3. The van der Waals surface area contributed by atoms with Gasteiger partial charge in [-0.25, -0.2) is 4.68 Å². The van der Waals surface area contributed by atoms with Crippen LogP contribution < -0.4 is 5.73 Å². The first kappa shape index (κ1) is 16.3. The monoisotopic (exact) mass is 339 g/mol. The van der Waals surface area contributed by atoms with Crippen molar-refractivity contribution >= 4 is 5.91 Å². The number of rotatable bonds is 3. The second-order valence-corrected chi connectivity index (χ2v) is 7.48. The summed E-state index contributed by atoms with van der Waals surface area (Å²) in [6, 6.07) is 8.07. The minimum absolute atomic E-state index is 0.00299. The van der Waals surface area contributed by atoms with Crippen molar-refractivity contribution in [3.63, 3.8) is 0 Å². The summed E-state index contributed by atoms with van der Waals surface area (Å²) in [7, 11) is 0. The Kier molecular flexibility index (Phi) is 4.07. The number of benzene rings is 1. The van der Waals surface area contributed by atoms with Crippen LogP contribution in [0.15, 0.2) is 24.3 Å². The second-order valence-electron chi connectivity index (χ2n) is 7.48. The highest BCUT2D eigenvalue weighted by molar-refractivity contribution is 5.93. The number of nitrogens with two attached hydrogens (primary N) is 1. The zero-order valence-corrected chi connectivity index (χ0v) is 14.9. The van der Waals surface area contributed by atoms with Crippen LogP contribution in [0.4, 0.5) is 0 Å². The number of fused-ring (bicyclic) bond motifs is 2. The van der Waals surface area contributed by atoms with Gasteiger partial charge in [0.05, 0.1) is 11.4 Å². The van der Waals surface area contributed by atoms with Crippen molar-refractivity contribution in [3.05, 3.63) is 41.2 Å². The van der Waals surface area contributed by atoms with E-state index in [4.69, 9.17) is 5.73 Å². The number of hydrogen-bond acceptors (Lipinski definition) is 4. The summed E-state index contributed by atoms with van der Waals surface area (Å²) in [5.74, 6) is 1.66. The van der Waals surface area contributed by atoms with Crippen LogP contribution in [0.2, 0.25) is 0 Å². The molecule has 2 unspecified atom stereocenters. The first-order valence-corrected chi connectivity index (χ1v) is 9.07.